The maximum Gasteiger partial charge on any atom is 0.348 e. The van der Waals surface area contributed by atoms with E-state index in [1.165, 1.54) is 22.3 Å². The molecule has 2 aromatic carbocycles. The molecular formula is C19H15N5O3S. The van der Waals surface area contributed by atoms with Crippen LogP contribution in [0.3, 0.4) is 0 Å². The van der Waals surface area contributed by atoms with E-state index >= 15 is 0 Å². The Bertz CT molecular complexity index is 1150. The molecule has 0 saturated heterocycles. The van der Waals surface area contributed by atoms with Crippen LogP contribution in [0.2, 0.25) is 0 Å². The van der Waals surface area contributed by atoms with Crippen molar-refractivity contribution in [2.24, 2.45) is 0 Å². The van der Waals surface area contributed by atoms with Crippen molar-refractivity contribution in [2.75, 3.05) is 11.9 Å². The zero-order valence-electron chi connectivity index (χ0n) is 14.8. The monoisotopic (exact) mass is 393 g/mol. The largest absolute Gasteiger partial charge is 0.462 e. The lowest BCUT2D eigenvalue weighted by Gasteiger charge is -2.09. The predicted octanol–water partition coefficient (Wildman–Crippen LogP) is 3.31. The molecular weight excluding hydrogens is 378 g/mol. The van der Waals surface area contributed by atoms with Gasteiger partial charge in [0.2, 0.25) is 0 Å². The van der Waals surface area contributed by atoms with Gasteiger partial charge in [-0.1, -0.05) is 12.1 Å². The Kier molecular flexibility index (Phi) is 4.81. The number of carbonyl (C=O) groups excluding carboxylic acids is 2. The van der Waals surface area contributed by atoms with Crippen LogP contribution in [0.5, 0.6) is 0 Å². The molecule has 140 valence electrons. The molecule has 2 heterocycles. The number of aromatic nitrogens is 4. The second-order valence-corrected chi connectivity index (χ2v) is 6.89. The van der Waals surface area contributed by atoms with Crippen LogP contribution < -0.4 is 5.32 Å². The van der Waals surface area contributed by atoms with Crippen molar-refractivity contribution < 1.29 is 14.3 Å². The maximum atomic E-state index is 12.8. The molecule has 1 amide bonds. The van der Waals surface area contributed by atoms with Gasteiger partial charge in [0.25, 0.3) is 5.91 Å². The Balaban J connectivity index is 1.60. The average molecular weight is 393 g/mol. The van der Waals surface area contributed by atoms with Gasteiger partial charge in [-0.3, -0.25) is 4.79 Å². The Morgan fingerprint density at radius 1 is 1.18 bits per heavy atom. The minimum atomic E-state index is -0.343. The summed E-state index contributed by atoms with van der Waals surface area (Å²) in [6, 6.07) is 14.3. The Morgan fingerprint density at radius 3 is 2.82 bits per heavy atom. The standard InChI is InChI=1S/C19H15N5O3S/c1-2-27-19(26)17-10-12-9-13(7-8-16(12)28-17)21-18(25)14-5-3-4-6-15(14)24-11-20-22-23-24/h3-11H,2H2,1H3,(H,21,25). The number of amides is 1. The molecule has 0 bridgehead atoms. The topological polar surface area (TPSA) is 99.0 Å². The minimum Gasteiger partial charge on any atom is -0.462 e. The van der Waals surface area contributed by atoms with Crippen LogP contribution in [-0.2, 0) is 4.74 Å². The summed E-state index contributed by atoms with van der Waals surface area (Å²) in [6.07, 6.45) is 1.43. The summed E-state index contributed by atoms with van der Waals surface area (Å²) >= 11 is 1.36. The second-order valence-electron chi connectivity index (χ2n) is 5.81. The van der Waals surface area contributed by atoms with E-state index in [2.05, 4.69) is 20.8 Å². The molecule has 0 atom stereocenters. The van der Waals surface area contributed by atoms with Crippen molar-refractivity contribution in [2.45, 2.75) is 6.92 Å². The van der Waals surface area contributed by atoms with E-state index in [0.29, 0.717) is 28.4 Å². The highest BCUT2D eigenvalue weighted by molar-refractivity contribution is 7.20. The summed E-state index contributed by atoms with van der Waals surface area (Å²) in [6.45, 7) is 2.10. The fraction of sp³-hybridized carbons (Fsp3) is 0.105. The van der Waals surface area contributed by atoms with Gasteiger partial charge in [-0.05, 0) is 59.1 Å². The Morgan fingerprint density at radius 2 is 2.04 bits per heavy atom. The summed E-state index contributed by atoms with van der Waals surface area (Å²) in [5.41, 5.74) is 1.64. The van der Waals surface area contributed by atoms with Crippen molar-refractivity contribution in [3.63, 3.8) is 0 Å². The summed E-state index contributed by atoms with van der Waals surface area (Å²) in [5.74, 6) is -0.629. The molecule has 0 aliphatic carbocycles. The van der Waals surface area contributed by atoms with Crippen molar-refractivity contribution in [1.29, 1.82) is 0 Å². The first-order valence-corrected chi connectivity index (χ1v) is 9.32. The smallest absolute Gasteiger partial charge is 0.348 e. The lowest BCUT2D eigenvalue weighted by atomic mass is 10.1. The summed E-state index contributed by atoms with van der Waals surface area (Å²) in [5, 5.41) is 14.8. The zero-order valence-corrected chi connectivity index (χ0v) is 15.6. The molecule has 0 spiro atoms. The van der Waals surface area contributed by atoms with Gasteiger partial charge in [0.15, 0.2) is 0 Å². The van der Waals surface area contributed by atoms with Gasteiger partial charge < -0.3 is 10.1 Å². The fourth-order valence-electron chi connectivity index (χ4n) is 2.76. The molecule has 2 aromatic heterocycles. The van der Waals surface area contributed by atoms with Gasteiger partial charge >= 0.3 is 5.97 Å². The first-order chi connectivity index (χ1) is 13.7. The zero-order chi connectivity index (χ0) is 19.5. The van der Waals surface area contributed by atoms with Crippen molar-refractivity contribution in [3.8, 4) is 5.69 Å². The van der Waals surface area contributed by atoms with Gasteiger partial charge in [-0.2, -0.15) is 4.68 Å². The van der Waals surface area contributed by atoms with E-state index in [1.807, 2.05) is 18.2 Å². The lowest BCUT2D eigenvalue weighted by molar-refractivity contribution is 0.0532. The molecule has 8 nitrogen and oxygen atoms in total. The summed E-state index contributed by atoms with van der Waals surface area (Å²) < 4.78 is 7.42. The number of rotatable bonds is 5. The first kappa shape index (κ1) is 17.8. The first-order valence-electron chi connectivity index (χ1n) is 8.50. The van der Waals surface area contributed by atoms with E-state index in [4.69, 9.17) is 4.74 Å². The number of thiophene rings is 1. The number of nitrogens with zero attached hydrogens (tertiary/aromatic N) is 4. The number of esters is 1. The van der Waals surface area contributed by atoms with Crippen LogP contribution in [0.1, 0.15) is 27.0 Å². The molecule has 9 heteroatoms. The number of anilines is 1. The number of fused-ring (bicyclic) bond motifs is 1. The normalized spacial score (nSPS) is 10.8. The highest BCUT2D eigenvalue weighted by Crippen LogP contribution is 2.29. The number of hydrogen-bond acceptors (Lipinski definition) is 7. The molecule has 4 aromatic rings. The number of para-hydroxylation sites is 1. The second kappa shape index (κ2) is 7.57. The number of nitrogens with one attached hydrogen (secondary N) is 1. The van der Waals surface area contributed by atoms with Crippen LogP contribution in [0.4, 0.5) is 5.69 Å². The van der Waals surface area contributed by atoms with Crippen LogP contribution in [-0.4, -0.2) is 38.7 Å². The van der Waals surface area contributed by atoms with Gasteiger partial charge in [0.1, 0.15) is 11.2 Å². The molecule has 0 radical (unpaired) electrons. The van der Waals surface area contributed by atoms with Crippen LogP contribution >= 0.6 is 11.3 Å². The SMILES string of the molecule is CCOC(=O)c1cc2cc(NC(=O)c3ccccc3-n3cnnn3)ccc2s1. The van der Waals surface area contributed by atoms with Crippen LogP contribution in [0.25, 0.3) is 15.8 Å². The van der Waals surface area contributed by atoms with Gasteiger partial charge in [0.05, 0.1) is 17.9 Å². The number of carbonyl (C=O) groups is 2. The van der Waals surface area contributed by atoms with E-state index in [1.54, 1.807) is 37.3 Å². The van der Waals surface area contributed by atoms with Crippen molar-refractivity contribution >= 4 is 39.0 Å². The van der Waals surface area contributed by atoms with E-state index < -0.39 is 0 Å². The van der Waals surface area contributed by atoms with Gasteiger partial charge in [-0.15, -0.1) is 16.4 Å². The van der Waals surface area contributed by atoms with E-state index in [9.17, 15) is 9.59 Å². The molecule has 0 saturated carbocycles. The summed E-state index contributed by atoms with van der Waals surface area (Å²) in [7, 11) is 0. The number of benzene rings is 2. The minimum absolute atomic E-state index is 0.286. The van der Waals surface area contributed by atoms with E-state index in [-0.39, 0.29) is 11.9 Å². The number of hydrogen-bond donors (Lipinski definition) is 1. The third-order valence-corrected chi connectivity index (χ3v) is 5.09. The van der Waals surface area contributed by atoms with Crippen LogP contribution in [0, 0.1) is 0 Å². The Hall–Kier alpha value is -3.59. The average Bonchev–Trinajstić information content (AvgIpc) is 3.38. The van der Waals surface area contributed by atoms with E-state index in [0.717, 1.165) is 10.1 Å². The number of ether oxygens (including phenoxy) is 1. The molecule has 28 heavy (non-hydrogen) atoms. The maximum absolute atomic E-state index is 12.8. The highest BCUT2D eigenvalue weighted by atomic mass is 32.1. The van der Waals surface area contributed by atoms with Crippen LogP contribution in [0.15, 0.2) is 54.9 Å². The molecule has 0 unspecified atom stereocenters. The van der Waals surface area contributed by atoms with Gasteiger partial charge in [0, 0.05) is 10.4 Å². The highest BCUT2D eigenvalue weighted by Gasteiger charge is 2.15. The third-order valence-electron chi connectivity index (χ3n) is 4.00. The predicted molar refractivity (Wildman–Crippen MR) is 105 cm³/mol. The lowest BCUT2D eigenvalue weighted by Crippen LogP contribution is -2.15. The molecule has 1 N–H and O–H groups in total. The quantitative estimate of drug-likeness (QED) is 0.522. The fourth-order valence-corrected chi connectivity index (χ4v) is 3.70. The number of tetrazole rings is 1. The molecule has 4 rings (SSSR count). The summed E-state index contributed by atoms with van der Waals surface area (Å²) in [4.78, 5) is 25.2. The third kappa shape index (κ3) is 3.47. The van der Waals surface area contributed by atoms with Crippen molar-refractivity contribution in [3.05, 3.63) is 65.3 Å². The Labute approximate surface area is 163 Å². The van der Waals surface area contributed by atoms with Crippen molar-refractivity contribution in [1.82, 2.24) is 20.2 Å². The molecule has 0 aliphatic rings. The molecule has 0 aliphatic heterocycles. The molecule has 0 fully saturated rings. The van der Waals surface area contributed by atoms with Gasteiger partial charge in [-0.25, -0.2) is 4.79 Å².